The Bertz CT molecular complexity index is 557. The van der Waals surface area contributed by atoms with Gasteiger partial charge >= 0.3 is 0 Å². The monoisotopic (exact) mass is 331 g/mol. The van der Waals surface area contributed by atoms with Crippen molar-refractivity contribution in [1.29, 1.82) is 0 Å². The summed E-state index contributed by atoms with van der Waals surface area (Å²) in [4.78, 5) is 1.75. The van der Waals surface area contributed by atoms with Gasteiger partial charge in [0.05, 0.1) is 11.5 Å². The summed E-state index contributed by atoms with van der Waals surface area (Å²) in [6.45, 7) is 4.43. The Kier molecular flexibility index (Phi) is 5.82. The zero-order chi connectivity index (χ0) is 15.5. The molecule has 0 amide bonds. The lowest BCUT2D eigenvalue weighted by molar-refractivity contribution is 0.270. The maximum absolute atomic E-state index is 12.4. The minimum atomic E-state index is -3.45. The molecular formula is C15H25NO3S2. The number of hydrogen-bond acceptors (Lipinski definition) is 4. The van der Waals surface area contributed by atoms with Crippen molar-refractivity contribution >= 4 is 21.4 Å². The van der Waals surface area contributed by atoms with Gasteiger partial charge in [-0.1, -0.05) is 26.2 Å². The molecule has 1 saturated carbocycles. The van der Waals surface area contributed by atoms with Crippen LogP contribution in [0.25, 0.3) is 0 Å². The van der Waals surface area contributed by atoms with Gasteiger partial charge in [-0.2, -0.15) is 0 Å². The van der Waals surface area contributed by atoms with Crippen LogP contribution in [0.1, 0.15) is 48.8 Å². The number of aryl methyl sites for hydroxylation is 1. The standard InChI is InChI=1S/C15H25NO3S2/c1-3-12-4-6-13(7-5-12)9-16-21(18,19)15-8-14(10-17)20-11(15)2/h8,12-13,16-17H,3-7,9-10H2,1-2H3. The number of sulfonamides is 1. The molecule has 1 heterocycles. The topological polar surface area (TPSA) is 66.4 Å². The first-order chi connectivity index (χ1) is 9.96. The molecule has 0 bridgehead atoms. The normalized spacial score (nSPS) is 23.4. The van der Waals surface area contributed by atoms with Crippen LogP contribution in [0.15, 0.2) is 11.0 Å². The van der Waals surface area contributed by atoms with Crippen LogP contribution in [-0.2, 0) is 16.6 Å². The summed E-state index contributed by atoms with van der Waals surface area (Å²) in [7, 11) is -3.45. The Balaban J connectivity index is 1.94. The molecule has 1 fully saturated rings. The van der Waals surface area contributed by atoms with E-state index in [4.69, 9.17) is 5.11 Å². The first-order valence-corrected chi connectivity index (χ1v) is 9.96. The zero-order valence-electron chi connectivity index (χ0n) is 12.8. The lowest BCUT2D eigenvalue weighted by Crippen LogP contribution is -2.31. The van der Waals surface area contributed by atoms with Gasteiger partial charge in [0.15, 0.2) is 0 Å². The molecule has 0 spiro atoms. The first kappa shape index (κ1) is 16.9. The van der Waals surface area contributed by atoms with Crippen LogP contribution < -0.4 is 4.72 Å². The van der Waals surface area contributed by atoms with Crippen LogP contribution in [0.5, 0.6) is 0 Å². The van der Waals surface area contributed by atoms with E-state index in [1.807, 2.05) is 0 Å². The second-order valence-corrected chi connectivity index (χ2v) is 9.01. The van der Waals surface area contributed by atoms with Gasteiger partial charge in [0.25, 0.3) is 0 Å². The van der Waals surface area contributed by atoms with Gasteiger partial charge in [0.1, 0.15) is 0 Å². The quantitative estimate of drug-likeness (QED) is 0.842. The highest BCUT2D eigenvalue weighted by Crippen LogP contribution is 2.31. The average Bonchev–Trinajstić information content (AvgIpc) is 2.88. The largest absolute Gasteiger partial charge is 0.391 e. The molecule has 6 heteroatoms. The summed E-state index contributed by atoms with van der Waals surface area (Å²) in [5.74, 6) is 1.28. The van der Waals surface area contributed by atoms with Gasteiger partial charge < -0.3 is 5.11 Å². The second-order valence-electron chi connectivity index (χ2n) is 5.94. The molecule has 21 heavy (non-hydrogen) atoms. The summed E-state index contributed by atoms with van der Waals surface area (Å²) < 4.78 is 27.5. The SMILES string of the molecule is CCC1CCC(CNS(=O)(=O)c2cc(CO)sc2C)CC1. The van der Waals surface area contributed by atoms with Gasteiger partial charge in [0, 0.05) is 16.3 Å². The van der Waals surface area contributed by atoms with Gasteiger partial charge in [0.2, 0.25) is 10.0 Å². The summed E-state index contributed by atoms with van der Waals surface area (Å²) in [5.41, 5.74) is 0. The van der Waals surface area contributed by atoms with Crippen LogP contribution >= 0.6 is 11.3 Å². The van der Waals surface area contributed by atoms with Gasteiger partial charge in [-0.05, 0) is 37.7 Å². The molecule has 1 aromatic heterocycles. The highest BCUT2D eigenvalue weighted by atomic mass is 32.2. The molecule has 0 aliphatic heterocycles. The molecule has 1 aliphatic carbocycles. The smallest absolute Gasteiger partial charge is 0.241 e. The molecule has 0 atom stereocenters. The summed E-state index contributed by atoms with van der Waals surface area (Å²) >= 11 is 1.34. The highest BCUT2D eigenvalue weighted by molar-refractivity contribution is 7.89. The number of aliphatic hydroxyl groups is 1. The lowest BCUT2D eigenvalue weighted by atomic mass is 9.81. The van der Waals surface area contributed by atoms with E-state index >= 15 is 0 Å². The molecule has 0 unspecified atom stereocenters. The van der Waals surface area contributed by atoms with E-state index in [9.17, 15) is 8.42 Å². The molecular weight excluding hydrogens is 306 g/mol. The predicted octanol–water partition coefficient (Wildman–Crippen LogP) is 3.04. The highest BCUT2D eigenvalue weighted by Gasteiger charge is 2.24. The molecule has 0 radical (unpaired) electrons. The van der Waals surface area contributed by atoms with Crippen molar-refractivity contribution in [2.24, 2.45) is 11.8 Å². The molecule has 1 aromatic rings. The molecule has 1 aliphatic rings. The van der Waals surface area contributed by atoms with Crippen molar-refractivity contribution in [2.75, 3.05) is 6.54 Å². The third kappa shape index (κ3) is 4.28. The summed E-state index contributed by atoms with van der Waals surface area (Å²) in [6, 6.07) is 1.58. The summed E-state index contributed by atoms with van der Waals surface area (Å²) in [5, 5.41) is 9.12. The molecule has 4 nitrogen and oxygen atoms in total. The minimum absolute atomic E-state index is 0.109. The molecule has 0 aromatic carbocycles. The van der Waals surface area contributed by atoms with E-state index in [1.165, 1.54) is 30.6 Å². The fourth-order valence-electron chi connectivity index (χ4n) is 3.02. The third-order valence-electron chi connectivity index (χ3n) is 4.47. The molecule has 0 saturated heterocycles. The average molecular weight is 332 g/mol. The van der Waals surface area contributed by atoms with Crippen molar-refractivity contribution in [1.82, 2.24) is 4.72 Å². The Labute approximate surface area is 131 Å². The van der Waals surface area contributed by atoms with Crippen molar-refractivity contribution in [3.05, 3.63) is 15.8 Å². The fraction of sp³-hybridized carbons (Fsp3) is 0.733. The Morgan fingerprint density at radius 2 is 1.90 bits per heavy atom. The number of thiophene rings is 1. The molecule has 2 N–H and O–H groups in total. The van der Waals surface area contributed by atoms with E-state index in [-0.39, 0.29) is 6.61 Å². The van der Waals surface area contributed by atoms with Crippen molar-refractivity contribution in [3.8, 4) is 0 Å². The number of aliphatic hydroxyl groups excluding tert-OH is 1. The predicted molar refractivity (Wildman–Crippen MR) is 85.9 cm³/mol. The zero-order valence-corrected chi connectivity index (χ0v) is 14.4. The lowest BCUT2D eigenvalue weighted by Gasteiger charge is -2.27. The van der Waals surface area contributed by atoms with E-state index in [0.717, 1.165) is 23.6 Å². The van der Waals surface area contributed by atoms with Gasteiger partial charge in [-0.3, -0.25) is 0 Å². The Morgan fingerprint density at radius 3 is 2.43 bits per heavy atom. The Hall–Kier alpha value is -0.430. The molecule has 2 rings (SSSR count). The molecule has 120 valence electrons. The van der Waals surface area contributed by atoms with E-state index in [0.29, 0.717) is 22.2 Å². The van der Waals surface area contributed by atoms with Crippen LogP contribution in [0, 0.1) is 18.8 Å². The van der Waals surface area contributed by atoms with Crippen LogP contribution in [0.3, 0.4) is 0 Å². The van der Waals surface area contributed by atoms with Crippen LogP contribution in [-0.4, -0.2) is 20.1 Å². The second kappa shape index (κ2) is 7.22. The van der Waals surface area contributed by atoms with Crippen molar-refractivity contribution < 1.29 is 13.5 Å². The maximum atomic E-state index is 12.4. The maximum Gasteiger partial charge on any atom is 0.241 e. The van der Waals surface area contributed by atoms with Gasteiger partial charge in [-0.25, -0.2) is 13.1 Å². The number of nitrogens with one attached hydrogen (secondary N) is 1. The fourth-order valence-corrected chi connectivity index (χ4v) is 5.63. The number of hydrogen-bond donors (Lipinski definition) is 2. The van der Waals surface area contributed by atoms with Crippen molar-refractivity contribution in [2.45, 2.75) is 57.5 Å². The summed E-state index contributed by atoms with van der Waals surface area (Å²) in [6.07, 6.45) is 5.90. The minimum Gasteiger partial charge on any atom is -0.391 e. The van der Waals surface area contributed by atoms with Crippen molar-refractivity contribution in [3.63, 3.8) is 0 Å². The van der Waals surface area contributed by atoms with Crippen LogP contribution in [0.4, 0.5) is 0 Å². The third-order valence-corrected chi connectivity index (χ3v) is 7.19. The van der Waals surface area contributed by atoms with E-state index in [1.54, 1.807) is 13.0 Å². The number of rotatable bonds is 6. The van der Waals surface area contributed by atoms with Crippen LogP contribution in [0.2, 0.25) is 0 Å². The van der Waals surface area contributed by atoms with E-state index in [2.05, 4.69) is 11.6 Å². The first-order valence-electron chi connectivity index (χ1n) is 7.66. The Morgan fingerprint density at radius 1 is 1.29 bits per heavy atom. The van der Waals surface area contributed by atoms with Gasteiger partial charge in [-0.15, -0.1) is 11.3 Å². The van der Waals surface area contributed by atoms with E-state index < -0.39 is 10.0 Å².